The molecule has 17 heavy (non-hydrogen) atoms. The van der Waals surface area contributed by atoms with Crippen molar-refractivity contribution in [1.82, 2.24) is 10.6 Å². The highest BCUT2D eigenvalue weighted by Gasteiger charge is 2.15. The third-order valence-corrected chi connectivity index (χ3v) is 2.84. The second kappa shape index (κ2) is 6.30. The molecule has 1 aliphatic heterocycles. The fourth-order valence-electron chi connectivity index (χ4n) is 1.83. The fourth-order valence-corrected chi connectivity index (χ4v) is 1.83. The minimum absolute atomic E-state index is 0.0969. The quantitative estimate of drug-likeness (QED) is 0.831. The molecule has 5 heteroatoms. The normalized spacial score (nSPS) is 16.7. The van der Waals surface area contributed by atoms with Crippen LogP contribution in [-0.2, 0) is 11.2 Å². The van der Waals surface area contributed by atoms with Gasteiger partial charge >= 0.3 is 6.03 Å². The van der Waals surface area contributed by atoms with Crippen molar-refractivity contribution in [3.63, 3.8) is 0 Å². The maximum atomic E-state index is 11.6. The van der Waals surface area contributed by atoms with E-state index in [-0.39, 0.29) is 12.1 Å². The first-order valence-corrected chi connectivity index (χ1v) is 5.98. The van der Waals surface area contributed by atoms with Crippen LogP contribution in [-0.4, -0.2) is 31.8 Å². The topological polar surface area (TPSA) is 63.5 Å². The summed E-state index contributed by atoms with van der Waals surface area (Å²) < 4.78 is 10.2. The number of urea groups is 1. The molecule has 1 aromatic rings. The minimum Gasteiger partial charge on any atom is -0.472 e. The molecule has 0 aliphatic carbocycles. The van der Waals surface area contributed by atoms with E-state index in [1.165, 1.54) is 0 Å². The monoisotopic (exact) mass is 238 g/mol. The molecule has 0 aromatic carbocycles. The van der Waals surface area contributed by atoms with E-state index in [2.05, 4.69) is 10.6 Å². The number of furan rings is 1. The number of hydrogen-bond acceptors (Lipinski definition) is 3. The Labute approximate surface area is 101 Å². The van der Waals surface area contributed by atoms with E-state index < -0.39 is 0 Å². The number of carbonyl (C=O) groups excluding carboxylic acids is 1. The molecule has 2 N–H and O–H groups in total. The zero-order valence-corrected chi connectivity index (χ0v) is 9.78. The van der Waals surface area contributed by atoms with Crippen molar-refractivity contribution in [1.29, 1.82) is 0 Å². The van der Waals surface area contributed by atoms with Crippen LogP contribution < -0.4 is 10.6 Å². The van der Waals surface area contributed by atoms with Gasteiger partial charge in [0.1, 0.15) is 0 Å². The lowest BCUT2D eigenvalue weighted by atomic mass is 10.1. The molecule has 0 radical (unpaired) electrons. The Morgan fingerprint density at radius 2 is 2.24 bits per heavy atom. The van der Waals surface area contributed by atoms with Gasteiger partial charge in [-0.05, 0) is 30.9 Å². The van der Waals surface area contributed by atoms with Gasteiger partial charge in [-0.3, -0.25) is 0 Å². The Bertz CT molecular complexity index is 332. The fraction of sp³-hybridized carbons (Fsp3) is 0.583. The molecule has 0 spiro atoms. The van der Waals surface area contributed by atoms with Gasteiger partial charge in [0.15, 0.2) is 0 Å². The molecule has 2 amide bonds. The largest absolute Gasteiger partial charge is 0.472 e. The second-order valence-electron chi connectivity index (χ2n) is 4.17. The van der Waals surface area contributed by atoms with Crippen LogP contribution in [0.25, 0.3) is 0 Å². The minimum atomic E-state index is -0.0969. The number of nitrogens with one attached hydrogen (secondary N) is 2. The number of ether oxygens (including phenoxy) is 1. The Hall–Kier alpha value is -1.49. The number of carbonyl (C=O) groups is 1. The van der Waals surface area contributed by atoms with Gasteiger partial charge in [-0.15, -0.1) is 0 Å². The van der Waals surface area contributed by atoms with Gasteiger partial charge in [-0.1, -0.05) is 0 Å². The van der Waals surface area contributed by atoms with Crippen LogP contribution in [0.1, 0.15) is 18.4 Å². The van der Waals surface area contributed by atoms with Gasteiger partial charge in [-0.25, -0.2) is 4.79 Å². The summed E-state index contributed by atoms with van der Waals surface area (Å²) in [7, 11) is 0. The molecular weight excluding hydrogens is 220 g/mol. The third-order valence-electron chi connectivity index (χ3n) is 2.84. The molecule has 1 aliphatic rings. The van der Waals surface area contributed by atoms with Crippen molar-refractivity contribution in [2.75, 3.05) is 19.8 Å². The standard InChI is InChI=1S/C12H18N2O3/c15-12(14-11-3-7-16-8-4-11)13-5-1-10-2-6-17-9-10/h2,6,9,11H,1,3-5,7-8H2,(H2,13,14,15). The van der Waals surface area contributed by atoms with E-state index in [9.17, 15) is 4.79 Å². The first-order valence-electron chi connectivity index (χ1n) is 5.98. The Morgan fingerprint density at radius 3 is 2.94 bits per heavy atom. The molecule has 1 aromatic heterocycles. The highest BCUT2D eigenvalue weighted by atomic mass is 16.5. The summed E-state index contributed by atoms with van der Waals surface area (Å²) in [5.41, 5.74) is 1.09. The molecule has 94 valence electrons. The average molecular weight is 238 g/mol. The molecule has 0 atom stereocenters. The van der Waals surface area contributed by atoms with Crippen LogP contribution >= 0.6 is 0 Å². The van der Waals surface area contributed by atoms with E-state index in [0.717, 1.165) is 38.0 Å². The summed E-state index contributed by atoms with van der Waals surface area (Å²) in [5, 5.41) is 5.78. The molecule has 5 nitrogen and oxygen atoms in total. The first kappa shape index (κ1) is 12.0. The first-order chi connectivity index (χ1) is 8.34. The SMILES string of the molecule is O=C(NCCc1ccoc1)NC1CCOCC1. The smallest absolute Gasteiger partial charge is 0.315 e. The highest BCUT2D eigenvalue weighted by Crippen LogP contribution is 2.05. The van der Waals surface area contributed by atoms with Gasteiger partial charge in [0.05, 0.1) is 12.5 Å². The maximum absolute atomic E-state index is 11.6. The zero-order valence-electron chi connectivity index (χ0n) is 9.78. The van der Waals surface area contributed by atoms with Crippen molar-refractivity contribution in [3.8, 4) is 0 Å². The van der Waals surface area contributed by atoms with Gasteiger partial charge in [0.2, 0.25) is 0 Å². The van der Waals surface area contributed by atoms with Crippen molar-refractivity contribution in [2.45, 2.75) is 25.3 Å². The summed E-state index contributed by atoms with van der Waals surface area (Å²) in [4.78, 5) is 11.6. The summed E-state index contributed by atoms with van der Waals surface area (Å²) in [6, 6.07) is 2.05. The van der Waals surface area contributed by atoms with Crippen LogP contribution in [0, 0.1) is 0 Å². The van der Waals surface area contributed by atoms with Gasteiger partial charge in [0, 0.05) is 25.8 Å². The molecule has 1 fully saturated rings. The van der Waals surface area contributed by atoms with Crippen molar-refractivity contribution in [2.24, 2.45) is 0 Å². The Kier molecular flexibility index (Phi) is 4.44. The lowest BCUT2D eigenvalue weighted by molar-refractivity contribution is 0.0801. The Morgan fingerprint density at radius 1 is 1.41 bits per heavy atom. The molecule has 2 heterocycles. The van der Waals surface area contributed by atoms with E-state index in [0.29, 0.717) is 6.54 Å². The highest BCUT2D eigenvalue weighted by molar-refractivity contribution is 5.74. The van der Waals surface area contributed by atoms with Gasteiger partial charge in [0.25, 0.3) is 0 Å². The molecule has 0 saturated carbocycles. The summed E-state index contributed by atoms with van der Waals surface area (Å²) >= 11 is 0. The lowest BCUT2D eigenvalue weighted by Gasteiger charge is -2.23. The van der Waals surface area contributed by atoms with Gasteiger partial charge < -0.3 is 19.8 Å². The van der Waals surface area contributed by atoms with Crippen molar-refractivity contribution in [3.05, 3.63) is 24.2 Å². The van der Waals surface area contributed by atoms with E-state index in [1.807, 2.05) is 6.07 Å². The maximum Gasteiger partial charge on any atom is 0.315 e. The van der Waals surface area contributed by atoms with E-state index in [4.69, 9.17) is 9.15 Å². The van der Waals surface area contributed by atoms with Crippen LogP contribution in [0.15, 0.2) is 23.0 Å². The predicted octanol–water partition coefficient (Wildman–Crippen LogP) is 1.30. The number of hydrogen-bond donors (Lipinski definition) is 2. The molecule has 2 rings (SSSR count). The van der Waals surface area contributed by atoms with Crippen LogP contribution in [0.2, 0.25) is 0 Å². The third kappa shape index (κ3) is 4.11. The molecule has 1 saturated heterocycles. The van der Waals surface area contributed by atoms with Crippen molar-refractivity contribution >= 4 is 6.03 Å². The molecule has 0 bridgehead atoms. The van der Waals surface area contributed by atoms with Crippen LogP contribution in [0.4, 0.5) is 4.79 Å². The number of rotatable bonds is 4. The van der Waals surface area contributed by atoms with Crippen LogP contribution in [0.5, 0.6) is 0 Å². The van der Waals surface area contributed by atoms with E-state index in [1.54, 1.807) is 12.5 Å². The molecular formula is C12H18N2O3. The zero-order chi connectivity index (χ0) is 11.9. The lowest BCUT2D eigenvalue weighted by Crippen LogP contribution is -2.44. The average Bonchev–Trinajstić information content (AvgIpc) is 2.83. The van der Waals surface area contributed by atoms with Crippen LogP contribution in [0.3, 0.4) is 0 Å². The summed E-state index contributed by atoms with van der Waals surface area (Å²) in [6.45, 7) is 2.09. The Balaban J connectivity index is 1.60. The number of amides is 2. The summed E-state index contributed by atoms with van der Waals surface area (Å²) in [5.74, 6) is 0. The second-order valence-corrected chi connectivity index (χ2v) is 4.17. The molecule has 0 unspecified atom stereocenters. The van der Waals surface area contributed by atoms with Crippen molar-refractivity contribution < 1.29 is 13.9 Å². The summed E-state index contributed by atoms with van der Waals surface area (Å²) in [6.07, 6.45) is 5.91. The van der Waals surface area contributed by atoms with Gasteiger partial charge in [-0.2, -0.15) is 0 Å². The van der Waals surface area contributed by atoms with E-state index >= 15 is 0 Å². The predicted molar refractivity (Wildman–Crippen MR) is 62.8 cm³/mol.